The molecule has 0 amide bonds. The van der Waals surface area contributed by atoms with Crippen molar-refractivity contribution in [3.8, 4) is 0 Å². The van der Waals surface area contributed by atoms with Gasteiger partial charge in [0.2, 0.25) is 5.82 Å². The topological polar surface area (TPSA) is 65.0 Å². The SMILES string of the molecule is Cc1nc(I)nc(C(=O)OCc2ccccc2)n1. The lowest BCUT2D eigenvalue weighted by Crippen LogP contribution is -2.12. The molecule has 0 atom stereocenters. The molecule has 0 fully saturated rings. The number of carbonyl (C=O) groups excluding carboxylic acids is 1. The number of hydrogen-bond donors (Lipinski definition) is 0. The van der Waals surface area contributed by atoms with Crippen LogP contribution in [0.25, 0.3) is 0 Å². The number of halogens is 1. The first-order valence-corrected chi connectivity index (χ1v) is 6.32. The quantitative estimate of drug-likeness (QED) is 0.624. The van der Waals surface area contributed by atoms with Crippen molar-refractivity contribution >= 4 is 28.6 Å². The summed E-state index contributed by atoms with van der Waals surface area (Å²) in [5.41, 5.74) is 0.923. The summed E-state index contributed by atoms with van der Waals surface area (Å²) in [6.07, 6.45) is 0. The molecule has 2 rings (SSSR count). The Balaban J connectivity index is 2.04. The molecule has 0 spiro atoms. The Morgan fingerprint density at radius 3 is 2.61 bits per heavy atom. The highest BCUT2D eigenvalue weighted by molar-refractivity contribution is 14.1. The van der Waals surface area contributed by atoms with E-state index < -0.39 is 5.97 Å². The number of esters is 1. The molecule has 92 valence electrons. The molecule has 5 nitrogen and oxygen atoms in total. The predicted octanol–water partition coefficient (Wildman–Crippen LogP) is 2.14. The fourth-order valence-electron chi connectivity index (χ4n) is 1.33. The minimum Gasteiger partial charge on any atom is -0.455 e. The van der Waals surface area contributed by atoms with Crippen molar-refractivity contribution in [3.05, 3.63) is 51.4 Å². The van der Waals surface area contributed by atoms with Gasteiger partial charge in [-0.3, -0.25) is 0 Å². The molecule has 0 N–H and O–H groups in total. The molecule has 0 aliphatic heterocycles. The van der Waals surface area contributed by atoms with Crippen molar-refractivity contribution in [1.82, 2.24) is 15.0 Å². The highest BCUT2D eigenvalue weighted by Gasteiger charge is 2.13. The monoisotopic (exact) mass is 355 g/mol. The maximum atomic E-state index is 11.7. The summed E-state index contributed by atoms with van der Waals surface area (Å²) < 4.78 is 5.61. The highest BCUT2D eigenvalue weighted by atomic mass is 127. The second-order valence-electron chi connectivity index (χ2n) is 3.54. The molecule has 6 heteroatoms. The van der Waals surface area contributed by atoms with Gasteiger partial charge in [-0.15, -0.1) is 0 Å². The van der Waals surface area contributed by atoms with Gasteiger partial charge in [-0.25, -0.2) is 14.8 Å². The summed E-state index contributed by atoms with van der Waals surface area (Å²) in [6.45, 7) is 1.92. The predicted molar refractivity (Wildman–Crippen MR) is 72.8 cm³/mol. The van der Waals surface area contributed by atoms with E-state index in [1.54, 1.807) is 6.92 Å². The van der Waals surface area contributed by atoms with Gasteiger partial charge in [0, 0.05) is 22.6 Å². The normalized spacial score (nSPS) is 10.1. The van der Waals surface area contributed by atoms with E-state index in [2.05, 4.69) is 15.0 Å². The fraction of sp³-hybridized carbons (Fsp3) is 0.167. The smallest absolute Gasteiger partial charge is 0.376 e. The zero-order valence-electron chi connectivity index (χ0n) is 9.63. The maximum Gasteiger partial charge on any atom is 0.376 e. The number of rotatable bonds is 3. The van der Waals surface area contributed by atoms with Gasteiger partial charge in [0.1, 0.15) is 12.4 Å². The van der Waals surface area contributed by atoms with Crippen LogP contribution in [0.5, 0.6) is 0 Å². The minimum absolute atomic E-state index is 0.0443. The van der Waals surface area contributed by atoms with Crippen molar-refractivity contribution < 1.29 is 9.53 Å². The van der Waals surface area contributed by atoms with Crippen LogP contribution in [0.1, 0.15) is 22.0 Å². The number of ether oxygens (including phenoxy) is 1. The van der Waals surface area contributed by atoms with Crippen molar-refractivity contribution in [3.63, 3.8) is 0 Å². The first kappa shape index (κ1) is 12.9. The van der Waals surface area contributed by atoms with Crippen LogP contribution in [-0.4, -0.2) is 20.9 Å². The third-order valence-electron chi connectivity index (χ3n) is 2.12. The van der Waals surface area contributed by atoms with Gasteiger partial charge in [-0.1, -0.05) is 30.3 Å². The molecule has 0 aliphatic carbocycles. The van der Waals surface area contributed by atoms with E-state index >= 15 is 0 Å². The lowest BCUT2D eigenvalue weighted by Gasteiger charge is -2.04. The number of benzene rings is 1. The molecule has 1 aromatic heterocycles. The van der Waals surface area contributed by atoms with Crippen LogP contribution in [0.4, 0.5) is 0 Å². The van der Waals surface area contributed by atoms with Crippen molar-refractivity contribution in [2.75, 3.05) is 0 Å². The van der Waals surface area contributed by atoms with Crippen LogP contribution in [0.15, 0.2) is 30.3 Å². The van der Waals surface area contributed by atoms with E-state index in [4.69, 9.17) is 4.74 Å². The minimum atomic E-state index is -0.540. The molecular weight excluding hydrogens is 345 g/mol. The van der Waals surface area contributed by atoms with Gasteiger partial charge in [0.15, 0.2) is 3.83 Å². The Morgan fingerprint density at radius 1 is 1.22 bits per heavy atom. The van der Waals surface area contributed by atoms with Gasteiger partial charge < -0.3 is 4.74 Å². The highest BCUT2D eigenvalue weighted by Crippen LogP contribution is 2.04. The van der Waals surface area contributed by atoms with Gasteiger partial charge >= 0.3 is 5.97 Å². The molecule has 0 radical (unpaired) electrons. The summed E-state index contributed by atoms with van der Waals surface area (Å²) in [6, 6.07) is 9.45. The van der Waals surface area contributed by atoms with Crippen LogP contribution in [-0.2, 0) is 11.3 Å². The number of aromatic nitrogens is 3. The zero-order valence-corrected chi connectivity index (χ0v) is 11.8. The van der Waals surface area contributed by atoms with E-state index in [0.717, 1.165) is 5.56 Å². The van der Waals surface area contributed by atoms with Gasteiger partial charge in [0.05, 0.1) is 0 Å². The first-order valence-electron chi connectivity index (χ1n) is 5.24. The van der Waals surface area contributed by atoms with E-state index in [-0.39, 0.29) is 12.4 Å². The first-order chi connectivity index (χ1) is 8.65. The van der Waals surface area contributed by atoms with Crippen molar-refractivity contribution in [1.29, 1.82) is 0 Å². The molecule has 0 saturated carbocycles. The summed E-state index contributed by atoms with van der Waals surface area (Å²) in [7, 11) is 0. The largest absolute Gasteiger partial charge is 0.455 e. The second-order valence-corrected chi connectivity index (χ2v) is 4.50. The number of nitrogens with zero attached hydrogens (tertiary/aromatic N) is 3. The Morgan fingerprint density at radius 2 is 1.94 bits per heavy atom. The third kappa shape index (κ3) is 3.46. The molecule has 0 bridgehead atoms. The fourth-order valence-corrected chi connectivity index (χ4v) is 1.91. The van der Waals surface area contributed by atoms with Crippen LogP contribution in [0.3, 0.4) is 0 Å². The maximum absolute atomic E-state index is 11.7. The Labute approximate surface area is 118 Å². The molecular formula is C12H10IN3O2. The number of hydrogen-bond acceptors (Lipinski definition) is 5. The molecule has 0 saturated heterocycles. The molecule has 0 aliphatic rings. The molecule has 1 heterocycles. The van der Waals surface area contributed by atoms with E-state index in [9.17, 15) is 4.79 Å². The summed E-state index contributed by atoms with van der Waals surface area (Å²) in [5.74, 6) is 0.00570. The Bertz CT molecular complexity index is 540. The molecule has 2 aromatic rings. The van der Waals surface area contributed by atoms with Crippen LogP contribution in [0, 0.1) is 10.8 Å². The summed E-state index contributed by atoms with van der Waals surface area (Å²) in [4.78, 5) is 23.6. The summed E-state index contributed by atoms with van der Waals surface area (Å²) in [5, 5.41) is 0. The lowest BCUT2D eigenvalue weighted by atomic mass is 10.2. The standard InChI is InChI=1S/C12H10IN3O2/c1-8-14-10(16-12(13)15-8)11(17)18-7-9-5-3-2-4-6-9/h2-6H,7H2,1H3. The molecule has 1 aromatic carbocycles. The van der Waals surface area contributed by atoms with Crippen molar-refractivity contribution in [2.45, 2.75) is 13.5 Å². The van der Waals surface area contributed by atoms with Crippen LogP contribution >= 0.6 is 22.6 Å². The van der Waals surface area contributed by atoms with Crippen molar-refractivity contribution in [2.24, 2.45) is 0 Å². The second kappa shape index (κ2) is 5.85. The lowest BCUT2D eigenvalue weighted by molar-refractivity contribution is 0.0457. The zero-order chi connectivity index (χ0) is 13.0. The van der Waals surface area contributed by atoms with Crippen LogP contribution in [0.2, 0.25) is 0 Å². The van der Waals surface area contributed by atoms with E-state index in [1.165, 1.54) is 0 Å². The van der Waals surface area contributed by atoms with Crippen LogP contribution < -0.4 is 0 Å². The molecule has 0 unspecified atom stereocenters. The van der Waals surface area contributed by atoms with Gasteiger partial charge in [-0.05, 0) is 12.5 Å². The third-order valence-corrected chi connectivity index (χ3v) is 2.60. The Kier molecular flexibility index (Phi) is 4.19. The number of aryl methyl sites for hydroxylation is 1. The molecule has 18 heavy (non-hydrogen) atoms. The van der Waals surface area contributed by atoms with E-state index in [0.29, 0.717) is 9.66 Å². The number of carbonyl (C=O) groups is 1. The average molecular weight is 355 g/mol. The Hall–Kier alpha value is -1.57. The summed E-state index contributed by atoms with van der Waals surface area (Å²) >= 11 is 1.93. The van der Waals surface area contributed by atoms with Gasteiger partial charge in [0.25, 0.3) is 0 Å². The average Bonchev–Trinajstić information content (AvgIpc) is 2.36. The van der Waals surface area contributed by atoms with Gasteiger partial charge in [-0.2, -0.15) is 4.98 Å². The van der Waals surface area contributed by atoms with E-state index in [1.807, 2.05) is 52.9 Å².